The molecule has 1 aromatic carbocycles. The molecule has 2 heterocycles. The highest BCUT2D eigenvalue weighted by Gasteiger charge is 2.28. The predicted molar refractivity (Wildman–Crippen MR) is 93.0 cm³/mol. The van der Waals surface area contributed by atoms with E-state index >= 15 is 0 Å². The summed E-state index contributed by atoms with van der Waals surface area (Å²) in [7, 11) is 0. The molecule has 23 heavy (non-hydrogen) atoms. The van der Waals surface area contributed by atoms with Gasteiger partial charge in [0.05, 0.1) is 12.6 Å². The highest BCUT2D eigenvalue weighted by atomic mass is 16.5. The first kappa shape index (κ1) is 16.3. The van der Waals surface area contributed by atoms with Crippen LogP contribution in [0.3, 0.4) is 0 Å². The summed E-state index contributed by atoms with van der Waals surface area (Å²) < 4.78 is 5.64. The maximum atomic E-state index is 12.7. The lowest BCUT2D eigenvalue weighted by Gasteiger charge is -2.34. The Kier molecular flexibility index (Phi) is 5.55. The van der Waals surface area contributed by atoms with Crippen LogP contribution in [0.25, 0.3) is 0 Å². The topological polar surface area (TPSA) is 41.6 Å². The van der Waals surface area contributed by atoms with Crippen molar-refractivity contribution < 1.29 is 9.53 Å². The molecule has 0 bridgehead atoms. The van der Waals surface area contributed by atoms with Crippen LogP contribution in [0.5, 0.6) is 5.75 Å². The van der Waals surface area contributed by atoms with Crippen LogP contribution in [0.2, 0.25) is 0 Å². The van der Waals surface area contributed by atoms with Gasteiger partial charge in [0.2, 0.25) is 5.91 Å². The van der Waals surface area contributed by atoms with E-state index in [0.717, 1.165) is 56.8 Å². The highest BCUT2D eigenvalue weighted by Crippen LogP contribution is 2.28. The predicted octanol–water partition coefficient (Wildman–Crippen LogP) is 3.60. The van der Waals surface area contributed by atoms with E-state index in [9.17, 15) is 4.79 Å². The van der Waals surface area contributed by atoms with Crippen LogP contribution >= 0.6 is 0 Å². The number of anilines is 1. The van der Waals surface area contributed by atoms with Gasteiger partial charge in [-0.15, -0.1) is 0 Å². The Labute approximate surface area is 139 Å². The fourth-order valence-electron chi connectivity index (χ4n) is 3.58. The Hall–Kier alpha value is -1.55. The Morgan fingerprint density at radius 3 is 3.13 bits per heavy atom. The molecule has 0 spiro atoms. The zero-order valence-electron chi connectivity index (χ0n) is 14.1. The third-order valence-corrected chi connectivity index (χ3v) is 4.89. The summed E-state index contributed by atoms with van der Waals surface area (Å²) in [4.78, 5) is 15.1. The van der Waals surface area contributed by atoms with E-state index in [1.807, 2.05) is 12.1 Å². The van der Waals surface area contributed by atoms with Gasteiger partial charge in [0, 0.05) is 5.69 Å². The van der Waals surface area contributed by atoms with Gasteiger partial charge in [0.1, 0.15) is 5.75 Å². The maximum Gasteiger partial charge on any atom is 0.241 e. The Bertz CT molecular complexity index is 544. The van der Waals surface area contributed by atoms with Crippen LogP contribution in [0, 0.1) is 0 Å². The minimum absolute atomic E-state index is 0.0302. The second-order valence-electron chi connectivity index (χ2n) is 6.66. The zero-order valence-corrected chi connectivity index (χ0v) is 14.1. The summed E-state index contributed by atoms with van der Waals surface area (Å²) in [6.07, 6.45) is 7.77. The first-order valence-electron chi connectivity index (χ1n) is 9.08. The normalized spacial score (nSPS) is 21.3. The van der Waals surface area contributed by atoms with Crippen LogP contribution in [0.15, 0.2) is 18.2 Å². The molecule has 4 nitrogen and oxygen atoms in total. The molecule has 1 N–H and O–H groups in total. The van der Waals surface area contributed by atoms with Gasteiger partial charge in [-0.2, -0.15) is 0 Å². The minimum Gasteiger partial charge on any atom is -0.493 e. The molecule has 0 aromatic heterocycles. The number of aryl methyl sites for hydroxylation is 1. The van der Waals surface area contributed by atoms with Crippen molar-refractivity contribution in [3.63, 3.8) is 0 Å². The quantitative estimate of drug-likeness (QED) is 0.902. The lowest BCUT2D eigenvalue weighted by Crippen LogP contribution is -2.47. The lowest BCUT2D eigenvalue weighted by molar-refractivity contribution is -0.122. The number of unbranched alkanes of at least 4 members (excludes halogenated alkanes) is 1. The molecule has 2 aliphatic heterocycles. The summed E-state index contributed by atoms with van der Waals surface area (Å²) in [6, 6.07) is 6.05. The third-order valence-electron chi connectivity index (χ3n) is 4.89. The molecule has 1 fully saturated rings. The maximum absolute atomic E-state index is 12.7. The van der Waals surface area contributed by atoms with Gasteiger partial charge in [-0.1, -0.05) is 19.8 Å². The van der Waals surface area contributed by atoms with Gasteiger partial charge in [-0.3, -0.25) is 9.69 Å². The third kappa shape index (κ3) is 4.05. The molecule has 1 atom stereocenters. The first-order chi connectivity index (χ1) is 11.3. The summed E-state index contributed by atoms with van der Waals surface area (Å²) in [5.41, 5.74) is 2.11. The molecule has 3 rings (SSSR count). The summed E-state index contributed by atoms with van der Waals surface area (Å²) in [6.45, 7) is 5.09. The molecule has 1 aromatic rings. The molecule has 2 aliphatic rings. The van der Waals surface area contributed by atoms with E-state index in [1.54, 1.807) is 0 Å². The number of ether oxygens (including phenoxy) is 1. The van der Waals surface area contributed by atoms with Crippen molar-refractivity contribution in [3.05, 3.63) is 23.8 Å². The van der Waals surface area contributed by atoms with Gasteiger partial charge in [0.25, 0.3) is 0 Å². The van der Waals surface area contributed by atoms with Crippen LogP contribution in [-0.2, 0) is 11.2 Å². The highest BCUT2D eigenvalue weighted by molar-refractivity contribution is 5.95. The number of carbonyl (C=O) groups excluding carboxylic acids is 1. The van der Waals surface area contributed by atoms with E-state index < -0.39 is 0 Å². The first-order valence-corrected chi connectivity index (χ1v) is 9.08. The largest absolute Gasteiger partial charge is 0.493 e. The minimum atomic E-state index is 0.0302. The molecular weight excluding hydrogens is 288 g/mol. The molecule has 0 unspecified atom stereocenters. The summed E-state index contributed by atoms with van der Waals surface area (Å²) in [5.74, 6) is 1.12. The van der Waals surface area contributed by atoms with Crippen molar-refractivity contribution >= 4 is 11.6 Å². The van der Waals surface area contributed by atoms with Crippen molar-refractivity contribution in [1.29, 1.82) is 0 Å². The molecule has 4 heteroatoms. The molecular formula is C19H28N2O2. The average Bonchev–Trinajstić information content (AvgIpc) is 2.60. The number of hydrogen-bond donors (Lipinski definition) is 1. The molecule has 0 saturated carbocycles. The van der Waals surface area contributed by atoms with Crippen molar-refractivity contribution in [2.24, 2.45) is 0 Å². The molecule has 0 radical (unpaired) electrons. The van der Waals surface area contributed by atoms with Gasteiger partial charge < -0.3 is 10.1 Å². The smallest absolute Gasteiger partial charge is 0.241 e. The van der Waals surface area contributed by atoms with Gasteiger partial charge in [0.15, 0.2) is 0 Å². The number of likely N-dealkylation sites (tertiary alicyclic amines) is 1. The van der Waals surface area contributed by atoms with E-state index in [0.29, 0.717) is 0 Å². The Morgan fingerprint density at radius 1 is 1.35 bits per heavy atom. The van der Waals surface area contributed by atoms with Crippen molar-refractivity contribution in [1.82, 2.24) is 4.90 Å². The summed E-state index contributed by atoms with van der Waals surface area (Å²) in [5, 5.41) is 3.13. The molecule has 126 valence electrons. The van der Waals surface area contributed by atoms with Crippen molar-refractivity contribution in [2.75, 3.05) is 25.0 Å². The molecule has 1 saturated heterocycles. The SMILES string of the molecule is CCCCN1CCCC[C@H]1C(=O)Nc1ccc2c(c1)CCCO2. The Morgan fingerprint density at radius 2 is 2.26 bits per heavy atom. The van der Waals surface area contributed by atoms with Crippen molar-refractivity contribution in [2.45, 2.75) is 57.9 Å². The van der Waals surface area contributed by atoms with Crippen LogP contribution in [0.4, 0.5) is 5.69 Å². The molecule has 1 amide bonds. The number of nitrogens with zero attached hydrogens (tertiary/aromatic N) is 1. The van der Waals surface area contributed by atoms with Crippen LogP contribution in [0.1, 0.15) is 51.0 Å². The number of hydrogen-bond acceptors (Lipinski definition) is 3. The Balaban J connectivity index is 1.65. The standard InChI is InChI=1S/C19H28N2O2/c1-2-3-11-21-12-5-4-8-17(21)19(22)20-16-9-10-18-15(14-16)7-6-13-23-18/h9-10,14,17H,2-8,11-13H2,1H3,(H,20,22)/t17-/m0/s1. The van der Waals surface area contributed by atoms with Gasteiger partial charge >= 0.3 is 0 Å². The van der Waals surface area contributed by atoms with Crippen molar-refractivity contribution in [3.8, 4) is 5.75 Å². The number of piperidine rings is 1. The van der Waals surface area contributed by atoms with Crippen LogP contribution < -0.4 is 10.1 Å². The number of rotatable bonds is 5. The monoisotopic (exact) mass is 316 g/mol. The summed E-state index contributed by atoms with van der Waals surface area (Å²) >= 11 is 0. The number of amides is 1. The second-order valence-corrected chi connectivity index (χ2v) is 6.66. The number of benzene rings is 1. The lowest BCUT2D eigenvalue weighted by atomic mass is 10.0. The second kappa shape index (κ2) is 7.82. The van der Waals surface area contributed by atoms with Gasteiger partial charge in [-0.05, 0) is 69.0 Å². The number of nitrogens with one attached hydrogen (secondary N) is 1. The van der Waals surface area contributed by atoms with E-state index in [-0.39, 0.29) is 11.9 Å². The van der Waals surface area contributed by atoms with Crippen LogP contribution in [-0.4, -0.2) is 36.5 Å². The molecule has 0 aliphatic carbocycles. The average molecular weight is 316 g/mol. The fraction of sp³-hybridized carbons (Fsp3) is 0.632. The van der Waals surface area contributed by atoms with E-state index in [1.165, 1.54) is 24.8 Å². The number of fused-ring (bicyclic) bond motifs is 1. The van der Waals surface area contributed by atoms with E-state index in [2.05, 4.69) is 23.2 Å². The van der Waals surface area contributed by atoms with Gasteiger partial charge in [-0.25, -0.2) is 0 Å². The zero-order chi connectivity index (χ0) is 16.1. The fourth-order valence-corrected chi connectivity index (χ4v) is 3.58. The van der Waals surface area contributed by atoms with E-state index in [4.69, 9.17) is 4.74 Å². The number of carbonyl (C=O) groups is 1.